The normalized spacial score (nSPS) is 9.67. The summed E-state index contributed by atoms with van der Waals surface area (Å²) in [7, 11) is 0. The van der Waals surface area contributed by atoms with Gasteiger partial charge in [-0.3, -0.25) is 0 Å². The van der Waals surface area contributed by atoms with Gasteiger partial charge in [0.15, 0.2) is 0 Å². The maximum Gasteiger partial charge on any atom is -0.0488 e. The van der Waals surface area contributed by atoms with Crippen molar-refractivity contribution in [3.63, 3.8) is 0 Å². The molecule has 4 rings (SSSR count). The molecule has 0 fully saturated rings. The Balaban J connectivity index is 0.000000452. The van der Waals surface area contributed by atoms with Gasteiger partial charge in [0.1, 0.15) is 0 Å². The molecule has 0 aromatic heterocycles. The van der Waals surface area contributed by atoms with Crippen LogP contribution in [-0.2, 0) is 19.2 Å². The minimum atomic E-state index is 0. The maximum atomic E-state index is 2.27. The van der Waals surface area contributed by atoms with Gasteiger partial charge in [0.05, 0.1) is 0 Å². The van der Waals surface area contributed by atoms with Crippen LogP contribution in [0.2, 0.25) is 13.1 Å². The third-order valence-corrected chi connectivity index (χ3v) is 4.93. The van der Waals surface area contributed by atoms with Crippen molar-refractivity contribution in [1.82, 2.24) is 0 Å². The van der Waals surface area contributed by atoms with Gasteiger partial charge in [0.2, 0.25) is 0 Å². The van der Waals surface area contributed by atoms with Crippen molar-refractivity contribution >= 4 is 52.5 Å². The Hall–Kier alpha value is -0.829. The van der Waals surface area contributed by atoms with E-state index in [0.29, 0.717) is 0 Å². The predicted octanol–water partition coefficient (Wildman–Crippen LogP) is 8.60. The van der Waals surface area contributed by atoms with E-state index in [1.54, 1.807) is 0 Å². The summed E-state index contributed by atoms with van der Waals surface area (Å²) in [5, 5.41) is 5.64. The molecule has 0 aliphatic rings. The van der Waals surface area contributed by atoms with E-state index in [9.17, 15) is 0 Å². The molecule has 0 unspecified atom stereocenters. The van der Waals surface area contributed by atoms with Crippen LogP contribution in [0.5, 0.6) is 0 Å². The number of rotatable bonds is 0. The molecule has 4 aromatic carbocycles. The fourth-order valence-electron chi connectivity index (χ4n) is 3.47. The van der Waals surface area contributed by atoms with Gasteiger partial charge in [-0.2, -0.15) is 12.1 Å². The van der Waals surface area contributed by atoms with Crippen LogP contribution in [0.1, 0.15) is 33.4 Å². The number of hydrogen-bond acceptors (Lipinski definition) is 0. The first kappa shape index (κ1) is 29.2. The fourth-order valence-corrected chi connectivity index (χ4v) is 3.47. The van der Waals surface area contributed by atoms with Crippen LogP contribution in [0, 0.1) is 41.5 Å². The van der Waals surface area contributed by atoms with Crippen LogP contribution < -0.4 is 0 Å². The molecule has 0 aliphatic heterocycles. The van der Waals surface area contributed by atoms with E-state index in [1.165, 1.54) is 54.9 Å². The van der Waals surface area contributed by atoms with Gasteiger partial charge < -0.3 is 0 Å². The Morgan fingerprint density at radius 2 is 0.867 bits per heavy atom. The van der Waals surface area contributed by atoms with Crippen molar-refractivity contribution in [1.29, 1.82) is 0 Å². The summed E-state index contributed by atoms with van der Waals surface area (Å²) >= 11 is 2.27. The van der Waals surface area contributed by atoms with Crippen molar-refractivity contribution in [3.05, 3.63) is 81.9 Å². The zero-order valence-electron chi connectivity index (χ0n) is 19.4. The van der Waals surface area contributed by atoms with Crippen LogP contribution in [0.3, 0.4) is 0 Å². The van der Waals surface area contributed by atoms with Crippen molar-refractivity contribution in [2.75, 3.05) is 0 Å². The maximum absolute atomic E-state index is 2.27. The topological polar surface area (TPSA) is 0 Å². The zero-order chi connectivity index (χ0) is 21.0. The predicted molar refractivity (Wildman–Crippen MR) is 139 cm³/mol. The van der Waals surface area contributed by atoms with Crippen LogP contribution in [-0.4, -0.2) is 6.19 Å². The van der Waals surface area contributed by atoms with Crippen LogP contribution in [0.25, 0.3) is 21.5 Å². The van der Waals surface area contributed by atoms with Gasteiger partial charge in [0, 0.05) is 0 Å². The summed E-state index contributed by atoms with van der Waals surface area (Å²) < 4.78 is 0. The summed E-state index contributed by atoms with van der Waals surface area (Å²) in [6.45, 7) is 17.5. The molecule has 0 atom stereocenters. The van der Waals surface area contributed by atoms with Crippen molar-refractivity contribution < 1.29 is 19.2 Å². The minimum absolute atomic E-state index is 0. The molecular formula is C26H34Cl2SiTi. The van der Waals surface area contributed by atoms with Gasteiger partial charge in [-0.05, 0) is 13.8 Å². The molecule has 160 valence electrons. The molecule has 0 nitrogen and oxygen atoms in total. The molecule has 4 heteroatoms. The van der Waals surface area contributed by atoms with E-state index >= 15 is 0 Å². The molecule has 0 spiro atoms. The molecule has 0 heterocycles. The number of aryl methyl sites for hydroxylation is 6. The second-order valence-electron chi connectivity index (χ2n) is 8.12. The first-order chi connectivity index (χ1) is 13.1. The Morgan fingerprint density at radius 3 is 1.13 bits per heavy atom. The van der Waals surface area contributed by atoms with E-state index in [4.69, 9.17) is 0 Å². The molecule has 30 heavy (non-hydrogen) atoms. The van der Waals surface area contributed by atoms with E-state index < -0.39 is 0 Å². The second kappa shape index (κ2) is 12.9. The van der Waals surface area contributed by atoms with Crippen LogP contribution in [0.15, 0.2) is 48.5 Å². The van der Waals surface area contributed by atoms with Gasteiger partial charge in [-0.1, -0.05) is 51.0 Å². The summed E-state index contributed by atoms with van der Waals surface area (Å²) in [4.78, 5) is 0. The quantitative estimate of drug-likeness (QED) is 0.170. The largest absolute Gasteiger partial charge is 0.165 e. The van der Waals surface area contributed by atoms with Crippen LogP contribution >= 0.6 is 24.8 Å². The van der Waals surface area contributed by atoms with Gasteiger partial charge in [-0.25, -0.2) is 0 Å². The molecule has 0 saturated heterocycles. The Bertz CT molecular complexity index is 953. The van der Waals surface area contributed by atoms with Crippen LogP contribution in [0.4, 0.5) is 0 Å². The van der Waals surface area contributed by atoms with Crippen molar-refractivity contribution in [2.45, 2.75) is 54.6 Å². The SMILES string of the molecule is C[Si](C)=[Ti+2].Cc1cc2c(C)ccc(C)c2[cH-]1.Cc1cc2c(C)ccc(C)c2[cH-]1.Cl.Cl. The smallest absolute Gasteiger partial charge is 0.0488 e. The summed E-state index contributed by atoms with van der Waals surface area (Å²) in [6, 6.07) is 17.8. The minimum Gasteiger partial charge on any atom is -0.165 e. The first-order valence-electron chi connectivity index (χ1n) is 9.88. The summed E-state index contributed by atoms with van der Waals surface area (Å²) in [6.07, 6.45) is 0.120. The molecular weight excluding hydrogens is 459 g/mol. The third kappa shape index (κ3) is 7.70. The third-order valence-electron chi connectivity index (χ3n) is 4.93. The fraction of sp³-hybridized carbons (Fsp3) is 0.308. The van der Waals surface area contributed by atoms with Gasteiger partial charge in [-0.15, -0.1) is 92.9 Å². The van der Waals surface area contributed by atoms with E-state index in [-0.39, 0.29) is 31.0 Å². The molecule has 0 N–H and O–H groups in total. The van der Waals surface area contributed by atoms with E-state index in [2.05, 4.69) is 122 Å². The average molecular weight is 493 g/mol. The standard InChI is InChI=1S/2C12H13.C2H6Si.2ClH.Ti/c2*1-8-6-11-9(2)4-5-10(3)12(11)7-8;1-3-2;;;/h2*4-7H,1-3H3;1-2H3;2*1H;/q2*-1;;;;+2. The Labute approximate surface area is 207 Å². The average Bonchev–Trinajstić information content (AvgIpc) is 3.19. The molecule has 4 aromatic rings. The molecule has 0 saturated carbocycles. The summed E-state index contributed by atoms with van der Waals surface area (Å²) in [5.74, 6) is 0. The molecule has 0 aliphatic carbocycles. The Kier molecular flexibility index (Phi) is 12.5. The molecule has 0 radical (unpaired) electrons. The van der Waals surface area contributed by atoms with E-state index in [1.807, 2.05) is 0 Å². The number of hydrogen-bond donors (Lipinski definition) is 0. The second-order valence-corrected chi connectivity index (χ2v) is 14.8. The monoisotopic (exact) mass is 492 g/mol. The van der Waals surface area contributed by atoms with E-state index in [0.717, 1.165) is 0 Å². The number of benzene rings is 2. The number of fused-ring (bicyclic) bond motifs is 2. The number of halogens is 2. The van der Waals surface area contributed by atoms with Crippen molar-refractivity contribution in [3.8, 4) is 0 Å². The molecule has 0 bridgehead atoms. The molecule has 0 amide bonds. The Morgan fingerprint density at radius 1 is 0.600 bits per heavy atom. The summed E-state index contributed by atoms with van der Waals surface area (Å²) in [5.41, 5.74) is 8.24. The van der Waals surface area contributed by atoms with Crippen molar-refractivity contribution in [2.24, 2.45) is 0 Å². The van der Waals surface area contributed by atoms with Gasteiger partial charge >= 0.3 is 38.5 Å². The first-order valence-corrected chi connectivity index (χ1v) is 14.7. The van der Waals surface area contributed by atoms with Gasteiger partial charge in [0.25, 0.3) is 0 Å². The zero-order valence-corrected chi connectivity index (χ0v) is 23.6.